The van der Waals surface area contributed by atoms with Gasteiger partial charge in [0.2, 0.25) is 0 Å². The zero-order valence-corrected chi connectivity index (χ0v) is 8.01. The number of aromatic amines is 1. The van der Waals surface area contributed by atoms with Crippen molar-refractivity contribution in [2.75, 3.05) is 0 Å². The molecule has 0 saturated heterocycles. The van der Waals surface area contributed by atoms with Crippen LogP contribution in [0.15, 0.2) is 29.1 Å². The van der Waals surface area contributed by atoms with Gasteiger partial charge < -0.3 is 4.98 Å². The highest BCUT2D eigenvalue weighted by molar-refractivity contribution is 7.07. The van der Waals surface area contributed by atoms with Crippen LogP contribution in [0, 0.1) is 6.07 Å². The summed E-state index contributed by atoms with van der Waals surface area (Å²) in [6.07, 6.45) is 0. The highest BCUT2D eigenvalue weighted by atomic mass is 32.1. The molecular formula is C10H6N3S. The van der Waals surface area contributed by atoms with E-state index in [1.54, 1.807) is 16.8 Å². The van der Waals surface area contributed by atoms with E-state index in [1.165, 1.54) is 0 Å². The van der Waals surface area contributed by atoms with E-state index in [0.29, 0.717) is 0 Å². The average Bonchev–Trinajstić information content (AvgIpc) is 2.86. The number of fused-ring (bicyclic) bond motifs is 1. The third-order valence-corrected chi connectivity index (χ3v) is 2.59. The van der Waals surface area contributed by atoms with Crippen LogP contribution < -0.4 is 0 Å². The van der Waals surface area contributed by atoms with E-state index >= 15 is 0 Å². The van der Waals surface area contributed by atoms with Crippen LogP contribution in [0.1, 0.15) is 0 Å². The van der Waals surface area contributed by atoms with Crippen LogP contribution >= 0.6 is 11.3 Å². The van der Waals surface area contributed by atoms with Crippen molar-refractivity contribution in [3.8, 4) is 11.5 Å². The fraction of sp³-hybridized carbons (Fsp3) is 0. The molecule has 0 saturated carbocycles. The Kier molecular flexibility index (Phi) is 1.61. The molecule has 3 rings (SSSR count). The van der Waals surface area contributed by atoms with Crippen molar-refractivity contribution in [3.05, 3.63) is 35.2 Å². The van der Waals surface area contributed by atoms with Crippen LogP contribution in [0.25, 0.3) is 22.6 Å². The van der Waals surface area contributed by atoms with Gasteiger partial charge in [0.05, 0.1) is 16.5 Å². The Morgan fingerprint density at radius 3 is 3.21 bits per heavy atom. The van der Waals surface area contributed by atoms with E-state index in [4.69, 9.17) is 0 Å². The van der Waals surface area contributed by atoms with Crippen molar-refractivity contribution in [1.29, 1.82) is 0 Å². The summed E-state index contributed by atoms with van der Waals surface area (Å²) in [7, 11) is 0. The van der Waals surface area contributed by atoms with Gasteiger partial charge in [0.15, 0.2) is 5.82 Å². The lowest BCUT2D eigenvalue weighted by molar-refractivity contribution is 1.27. The first-order chi connectivity index (χ1) is 6.93. The molecule has 0 amide bonds. The summed E-state index contributed by atoms with van der Waals surface area (Å²) < 4.78 is 0. The first kappa shape index (κ1) is 7.70. The molecular weight excluding hydrogens is 194 g/mol. The third-order valence-electron chi connectivity index (χ3n) is 2.00. The molecule has 3 aromatic rings. The van der Waals surface area contributed by atoms with Gasteiger partial charge in [-0.3, -0.25) is 0 Å². The van der Waals surface area contributed by atoms with Gasteiger partial charge in [-0.15, -0.1) is 11.3 Å². The highest BCUT2D eigenvalue weighted by Gasteiger charge is 2.05. The molecule has 1 N–H and O–H groups in total. The molecule has 3 nitrogen and oxygen atoms in total. The predicted octanol–water partition coefficient (Wildman–Crippen LogP) is 2.49. The number of H-pyrrole nitrogens is 1. The molecule has 0 unspecified atom stereocenters. The van der Waals surface area contributed by atoms with Crippen LogP contribution in [0.2, 0.25) is 0 Å². The van der Waals surface area contributed by atoms with Crippen LogP contribution in [0.4, 0.5) is 0 Å². The summed E-state index contributed by atoms with van der Waals surface area (Å²) in [4.78, 5) is 11.8. The second-order valence-electron chi connectivity index (χ2n) is 2.90. The van der Waals surface area contributed by atoms with E-state index in [1.807, 2.05) is 23.6 Å². The Hall–Kier alpha value is -1.68. The number of thiazole rings is 1. The van der Waals surface area contributed by atoms with E-state index in [-0.39, 0.29) is 0 Å². The van der Waals surface area contributed by atoms with Gasteiger partial charge in [0.25, 0.3) is 0 Å². The summed E-state index contributed by atoms with van der Waals surface area (Å²) in [5.74, 6) is 0.820. The Balaban J connectivity index is 2.24. The van der Waals surface area contributed by atoms with Gasteiger partial charge in [0, 0.05) is 5.38 Å². The van der Waals surface area contributed by atoms with Crippen molar-refractivity contribution in [3.63, 3.8) is 0 Å². The molecule has 0 aliphatic carbocycles. The standard InChI is InChI=1S/C10H6N3S/c1-2-4-8-7(3-1)12-10(13-8)9-5-14-6-11-9/h1,3-6H,(H,12,13). The van der Waals surface area contributed by atoms with Gasteiger partial charge in [-0.1, -0.05) is 6.07 Å². The normalized spacial score (nSPS) is 10.9. The number of nitrogens with one attached hydrogen (secondary N) is 1. The van der Waals surface area contributed by atoms with Crippen molar-refractivity contribution in [2.24, 2.45) is 0 Å². The van der Waals surface area contributed by atoms with Gasteiger partial charge in [-0.05, 0) is 18.2 Å². The second kappa shape index (κ2) is 2.92. The molecule has 1 aromatic carbocycles. The second-order valence-corrected chi connectivity index (χ2v) is 3.62. The molecule has 1 radical (unpaired) electrons. The number of rotatable bonds is 1. The maximum atomic E-state index is 4.41. The number of imidazole rings is 1. The molecule has 0 fully saturated rings. The molecule has 0 aliphatic rings. The van der Waals surface area contributed by atoms with Gasteiger partial charge in [-0.25, -0.2) is 9.97 Å². The zero-order chi connectivity index (χ0) is 9.38. The maximum absolute atomic E-state index is 4.41. The molecule has 0 atom stereocenters. The molecule has 14 heavy (non-hydrogen) atoms. The van der Waals surface area contributed by atoms with E-state index in [9.17, 15) is 0 Å². The number of aromatic nitrogens is 3. The largest absolute Gasteiger partial charge is 0.337 e. The SMILES string of the molecule is [c]1ccc2[nH]c(-c3cscn3)nc2c1. The van der Waals surface area contributed by atoms with E-state index < -0.39 is 0 Å². The molecule has 67 valence electrons. The number of benzene rings is 1. The number of nitrogens with zero attached hydrogens (tertiary/aromatic N) is 2. The summed E-state index contributed by atoms with van der Waals surface area (Å²) in [6, 6.07) is 8.68. The molecule has 0 bridgehead atoms. The number of hydrogen-bond donors (Lipinski definition) is 1. The van der Waals surface area contributed by atoms with Crippen molar-refractivity contribution < 1.29 is 0 Å². The zero-order valence-electron chi connectivity index (χ0n) is 7.19. The van der Waals surface area contributed by atoms with Crippen LogP contribution in [0.3, 0.4) is 0 Å². The van der Waals surface area contributed by atoms with Gasteiger partial charge in [-0.2, -0.15) is 0 Å². The fourth-order valence-corrected chi connectivity index (χ4v) is 1.88. The predicted molar refractivity (Wildman–Crippen MR) is 56.0 cm³/mol. The first-order valence-electron chi connectivity index (χ1n) is 4.18. The van der Waals surface area contributed by atoms with Crippen LogP contribution in [-0.4, -0.2) is 15.0 Å². The summed E-state index contributed by atoms with van der Waals surface area (Å²) in [5, 5.41) is 1.97. The molecule has 2 heterocycles. The van der Waals surface area contributed by atoms with Crippen molar-refractivity contribution in [2.45, 2.75) is 0 Å². The smallest absolute Gasteiger partial charge is 0.158 e. The Labute approximate surface area is 84.5 Å². The molecule has 0 aliphatic heterocycles. The Bertz CT molecular complexity index is 521. The van der Waals surface area contributed by atoms with Crippen molar-refractivity contribution in [1.82, 2.24) is 15.0 Å². The number of hydrogen-bond acceptors (Lipinski definition) is 3. The molecule has 0 spiro atoms. The third kappa shape index (κ3) is 1.12. The van der Waals surface area contributed by atoms with Crippen molar-refractivity contribution >= 4 is 22.4 Å². The average molecular weight is 200 g/mol. The minimum absolute atomic E-state index is 0.820. The molecule has 2 aromatic heterocycles. The van der Waals surface area contributed by atoms with Gasteiger partial charge in [0.1, 0.15) is 5.69 Å². The topological polar surface area (TPSA) is 41.6 Å². The van der Waals surface area contributed by atoms with E-state index in [0.717, 1.165) is 22.6 Å². The lowest BCUT2D eigenvalue weighted by Gasteiger charge is -1.84. The minimum Gasteiger partial charge on any atom is -0.337 e. The lowest BCUT2D eigenvalue weighted by atomic mass is 10.3. The van der Waals surface area contributed by atoms with Gasteiger partial charge >= 0.3 is 0 Å². The summed E-state index contributed by atoms with van der Waals surface area (Å²) in [5.41, 5.74) is 4.64. The molecule has 4 heteroatoms. The van der Waals surface area contributed by atoms with Crippen LogP contribution in [0.5, 0.6) is 0 Å². The van der Waals surface area contributed by atoms with Crippen LogP contribution in [-0.2, 0) is 0 Å². The first-order valence-corrected chi connectivity index (χ1v) is 5.12. The summed E-state index contributed by atoms with van der Waals surface area (Å²) >= 11 is 1.57. The Morgan fingerprint density at radius 1 is 1.43 bits per heavy atom. The summed E-state index contributed by atoms with van der Waals surface area (Å²) in [6.45, 7) is 0. The quantitative estimate of drug-likeness (QED) is 0.655. The lowest BCUT2D eigenvalue weighted by Crippen LogP contribution is -1.77. The fourth-order valence-electron chi connectivity index (χ4n) is 1.35. The maximum Gasteiger partial charge on any atom is 0.158 e. The Morgan fingerprint density at radius 2 is 2.43 bits per heavy atom. The highest BCUT2D eigenvalue weighted by Crippen LogP contribution is 2.19. The monoisotopic (exact) mass is 200 g/mol. The minimum atomic E-state index is 0.820. The van der Waals surface area contributed by atoms with E-state index in [2.05, 4.69) is 21.0 Å².